The van der Waals surface area contributed by atoms with Crippen LogP contribution in [0.25, 0.3) is 10.9 Å². The summed E-state index contributed by atoms with van der Waals surface area (Å²) in [6.07, 6.45) is 2.03. The van der Waals surface area contributed by atoms with Gasteiger partial charge in [0.25, 0.3) is 0 Å². The van der Waals surface area contributed by atoms with Gasteiger partial charge >= 0.3 is 0 Å². The summed E-state index contributed by atoms with van der Waals surface area (Å²) in [5.41, 5.74) is 0.786. The second-order valence-electron chi connectivity index (χ2n) is 2.92. The van der Waals surface area contributed by atoms with Gasteiger partial charge in [0.2, 0.25) is 0 Å². The molecule has 1 aromatic carbocycles. The fraction of sp³-hybridized carbons (Fsp3) is 0. The Hall–Kier alpha value is -2.21. The van der Waals surface area contributed by atoms with Crippen LogP contribution < -0.4 is 0 Å². The highest BCUT2D eigenvalue weighted by atomic mass is 19.1. The Morgan fingerprint density at radius 2 is 2.27 bits per heavy atom. The van der Waals surface area contributed by atoms with Crippen LogP contribution in [0.3, 0.4) is 0 Å². The van der Waals surface area contributed by atoms with Crippen molar-refractivity contribution in [2.45, 2.75) is 0 Å². The standard InChI is InChI=1S/C12H6FNO/c13-11-8-12-10(3-1-5-14-12)7-9(11)4-2-6-15/h1,3,5-8H. The molecule has 0 atom stereocenters. The molecule has 0 aliphatic carbocycles. The number of hydrogen-bond donors (Lipinski definition) is 0. The van der Waals surface area contributed by atoms with E-state index >= 15 is 0 Å². The van der Waals surface area contributed by atoms with E-state index in [1.54, 1.807) is 18.3 Å². The van der Waals surface area contributed by atoms with Crippen LogP contribution in [0.1, 0.15) is 5.56 Å². The van der Waals surface area contributed by atoms with Gasteiger partial charge in [-0.2, -0.15) is 0 Å². The molecular formula is C12H6FNO. The Morgan fingerprint density at radius 3 is 3.07 bits per heavy atom. The van der Waals surface area contributed by atoms with Crippen molar-refractivity contribution in [1.82, 2.24) is 4.98 Å². The molecule has 1 aromatic heterocycles. The van der Waals surface area contributed by atoms with Gasteiger partial charge in [-0.05, 0) is 18.1 Å². The fourth-order valence-electron chi connectivity index (χ4n) is 1.30. The first kappa shape index (κ1) is 9.35. The molecule has 15 heavy (non-hydrogen) atoms. The summed E-state index contributed by atoms with van der Waals surface area (Å²) in [7, 11) is 0. The maximum absolute atomic E-state index is 13.4. The molecule has 2 aromatic rings. The zero-order chi connectivity index (χ0) is 10.7. The van der Waals surface area contributed by atoms with Gasteiger partial charge in [-0.25, -0.2) is 4.39 Å². The van der Waals surface area contributed by atoms with Crippen molar-refractivity contribution in [3.05, 3.63) is 41.8 Å². The zero-order valence-corrected chi connectivity index (χ0v) is 7.70. The molecule has 0 fully saturated rings. The number of hydrogen-bond acceptors (Lipinski definition) is 2. The van der Waals surface area contributed by atoms with Gasteiger partial charge in [0.15, 0.2) is 6.29 Å². The smallest absolute Gasteiger partial charge is 0.193 e. The van der Waals surface area contributed by atoms with E-state index < -0.39 is 5.82 Å². The highest BCUT2D eigenvalue weighted by Gasteiger charge is 2.02. The maximum Gasteiger partial charge on any atom is 0.193 e. The number of nitrogens with zero attached hydrogens (tertiary/aromatic N) is 1. The molecule has 2 rings (SSSR count). The topological polar surface area (TPSA) is 30.0 Å². The van der Waals surface area contributed by atoms with E-state index in [0.29, 0.717) is 11.8 Å². The van der Waals surface area contributed by atoms with Crippen LogP contribution in [-0.4, -0.2) is 11.3 Å². The van der Waals surface area contributed by atoms with Crippen LogP contribution in [0, 0.1) is 17.7 Å². The van der Waals surface area contributed by atoms with Crippen molar-refractivity contribution in [3.63, 3.8) is 0 Å². The Labute approximate surface area is 85.8 Å². The van der Waals surface area contributed by atoms with Crippen molar-refractivity contribution in [3.8, 4) is 11.8 Å². The Balaban J connectivity index is 2.66. The number of benzene rings is 1. The minimum atomic E-state index is -0.462. The molecule has 0 bridgehead atoms. The number of carbonyl (C=O) groups is 1. The minimum absolute atomic E-state index is 0.211. The van der Waals surface area contributed by atoms with Crippen molar-refractivity contribution in [1.29, 1.82) is 0 Å². The molecule has 72 valence electrons. The number of aldehydes is 1. The van der Waals surface area contributed by atoms with Gasteiger partial charge in [0, 0.05) is 17.6 Å². The summed E-state index contributed by atoms with van der Waals surface area (Å²) in [5, 5.41) is 0.800. The SMILES string of the molecule is O=CC#Cc1cc2cccnc2cc1F. The third-order valence-corrected chi connectivity index (χ3v) is 1.96. The summed E-state index contributed by atoms with van der Waals surface area (Å²) in [4.78, 5) is 14.1. The summed E-state index contributed by atoms with van der Waals surface area (Å²) in [5.74, 6) is 4.15. The van der Waals surface area contributed by atoms with Crippen LogP contribution in [0.2, 0.25) is 0 Å². The lowest BCUT2D eigenvalue weighted by Gasteiger charge is -1.98. The molecule has 0 saturated heterocycles. The van der Waals surface area contributed by atoms with Crippen molar-refractivity contribution >= 4 is 17.2 Å². The third-order valence-electron chi connectivity index (χ3n) is 1.96. The number of fused-ring (bicyclic) bond motifs is 1. The number of halogens is 1. The number of aromatic nitrogens is 1. The molecule has 0 saturated carbocycles. The van der Waals surface area contributed by atoms with E-state index in [1.165, 1.54) is 6.07 Å². The van der Waals surface area contributed by atoms with Crippen LogP contribution >= 0.6 is 0 Å². The van der Waals surface area contributed by atoms with Gasteiger partial charge in [-0.3, -0.25) is 9.78 Å². The number of carbonyl (C=O) groups excluding carboxylic acids is 1. The molecule has 0 N–H and O–H groups in total. The van der Waals surface area contributed by atoms with Crippen molar-refractivity contribution in [2.75, 3.05) is 0 Å². The first-order valence-corrected chi connectivity index (χ1v) is 4.31. The average molecular weight is 199 g/mol. The third kappa shape index (κ3) is 1.84. The highest BCUT2D eigenvalue weighted by Crippen LogP contribution is 2.16. The summed E-state index contributed by atoms with van der Waals surface area (Å²) in [6, 6.07) is 6.46. The molecular weight excluding hydrogens is 193 g/mol. The normalized spacial score (nSPS) is 9.40. The van der Waals surface area contributed by atoms with Gasteiger partial charge in [0.05, 0.1) is 11.1 Å². The molecule has 3 heteroatoms. The van der Waals surface area contributed by atoms with E-state index in [2.05, 4.69) is 16.8 Å². The fourth-order valence-corrected chi connectivity index (χ4v) is 1.30. The number of pyridine rings is 1. The highest BCUT2D eigenvalue weighted by molar-refractivity contribution is 5.81. The van der Waals surface area contributed by atoms with E-state index in [1.807, 2.05) is 6.07 Å². The molecule has 0 amide bonds. The Bertz CT molecular complexity index is 581. The van der Waals surface area contributed by atoms with E-state index in [9.17, 15) is 9.18 Å². The minimum Gasteiger partial charge on any atom is -0.289 e. The van der Waals surface area contributed by atoms with Gasteiger partial charge < -0.3 is 0 Å². The largest absolute Gasteiger partial charge is 0.289 e. The van der Waals surface area contributed by atoms with Crippen molar-refractivity contribution in [2.24, 2.45) is 0 Å². The molecule has 0 spiro atoms. The molecule has 0 aliphatic rings. The van der Waals surface area contributed by atoms with Crippen LogP contribution in [0.4, 0.5) is 4.39 Å². The monoisotopic (exact) mass is 199 g/mol. The maximum atomic E-state index is 13.4. The van der Waals surface area contributed by atoms with E-state index in [-0.39, 0.29) is 5.56 Å². The molecule has 0 aliphatic heterocycles. The quantitative estimate of drug-likeness (QED) is 0.479. The number of rotatable bonds is 0. The Morgan fingerprint density at radius 1 is 1.40 bits per heavy atom. The molecule has 1 heterocycles. The molecule has 0 radical (unpaired) electrons. The second-order valence-corrected chi connectivity index (χ2v) is 2.92. The van der Waals surface area contributed by atoms with Crippen LogP contribution in [0.15, 0.2) is 30.5 Å². The average Bonchev–Trinajstić information content (AvgIpc) is 2.26. The summed E-state index contributed by atoms with van der Waals surface area (Å²) >= 11 is 0. The Kier molecular flexibility index (Phi) is 2.42. The summed E-state index contributed by atoms with van der Waals surface area (Å²) in [6.45, 7) is 0. The van der Waals surface area contributed by atoms with E-state index in [4.69, 9.17) is 0 Å². The first-order chi connectivity index (χ1) is 7.31. The lowest BCUT2D eigenvalue weighted by molar-refractivity contribution is -0.103. The zero-order valence-electron chi connectivity index (χ0n) is 7.70. The van der Waals surface area contributed by atoms with Crippen LogP contribution in [-0.2, 0) is 4.79 Å². The van der Waals surface area contributed by atoms with Crippen molar-refractivity contribution < 1.29 is 9.18 Å². The molecule has 0 unspecified atom stereocenters. The second kappa shape index (κ2) is 3.89. The predicted octanol–water partition coefficient (Wildman–Crippen LogP) is 1.92. The van der Waals surface area contributed by atoms with E-state index in [0.717, 1.165) is 5.39 Å². The van der Waals surface area contributed by atoms with Crippen LogP contribution in [0.5, 0.6) is 0 Å². The predicted molar refractivity (Wildman–Crippen MR) is 54.6 cm³/mol. The first-order valence-electron chi connectivity index (χ1n) is 4.31. The van der Waals surface area contributed by atoms with Gasteiger partial charge in [-0.15, -0.1) is 0 Å². The molecule has 2 nitrogen and oxygen atoms in total. The lowest BCUT2D eigenvalue weighted by Crippen LogP contribution is -1.86. The summed E-state index contributed by atoms with van der Waals surface area (Å²) < 4.78 is 13.4. The lowest BCUT2D eigenvalue weighted by atomic mass is 10.1. The van der Waals surface area contributed by atoms with Gasteiger partial charge in [-0.1, -0.05) is 12.0 Å². The van der Waals surface area contributed by atoms with Gasteiger partial charge in [0.1, 0.15) is 5.82 Å².